The van der Waals surface area contributed by atoms with Crippen LogP contribution >= 0.6 is 15.9 Å². The van der Waals surface area contributed by atoms with Crippen molar-refractivity contribution >= 4 is 32.7 Å². The second kappa shape index (κ2) is 6.10. The fourth-order valence-corrected chi connectivity index (χ4v) is 2.60. The van der Waals surface area contributed by atoms with Crippen LogP contribution in [0.1, 0.15) is 5.56 Å². The number of hydrogen-bond donors (Lipinski definition) is 1. The second-order valence-electron chi connectivity index (χ2n) is 4.78. The highest BCUT2D eigenvalue weighted by atomic mass is 79.9. The van der Waals surface area contributed by atoms with E-state index in [1.54, 1.807) is 12.4 Å². The van der Waals surface area contributed by atoms with Crippen molar-refractivity contribution < 1.29 is 4.79 Å². The molecule has 0 spiro atoms. The summed E-state index contributed by atoms with van der Waals surface area (Å²) >= 11 is 3.45. The monoisotopic (exact) mass is 343 g/mol. The zero-order chi connectivity index (χ0) is 14.7. The van der Waals surface area contributed by atoms with Crippen molar-refractivity contribution in [3.05, 3.63) is 65.0 Å². The minimum atomic E-state index is -0.0146. The summed E-state index contributed by atoms with van der Waals surface area (Å²) in [7, 11) is 0. The number of benzene rings is 1. The first-order valence-corrected chi connectivity index (χ1v) is 7.42. The lowest BCUT2D eigenvalue weighted by molar-refractivity contribution is -0.121. The molecule has 4 nitrogen and oxygen atoms in total. The Morgan fingerprint density at radius 3 is 3.00 bits per heavy atom. The summed E-state index contributed by atoms with van der Waals surface area (Å²) in [5.41, 5.74) is 2.04. The molecule has 106 valence electrons. The van der Waals surface area contributed by atoms with Crippen LogP contribution in [-0.4, -0.2) is 15.5 Å². The Labute approximate surface area is 130 Å². The molecule has 0 fully saturated rings. The topological polar surface area (TPSA) is 46.9 Å². The van der Waals surface area contributed by atoms with Gasteiger partial charge in [-0.2, -0.15) is 0 Å². The minimum Gasteiger partial charge on any atom is -0.350 e. The van der Waals surface area contributed by atoms with Crippen LogP contribution in [0.4, 0.5) is 0 Å². The molecule has 0 saturated heterocycles. The van der Waals surface area contributed by atoms with Gasteiger partial charge in [0.15, 0.2) is 0 Å². The Balaban J connectivity index is 1.66. The van der Waals surface area contributed by atoms with Crippen molar-refractivity contribution in [1.82, 2.24) is 14.9 Å². The summed E-state index contributed by atoms with van der Waals surface area (Å²) in [6.45, 7) is 0.808. The number of hydrogen-bond acceptors (Lipinski definition) is 2. The van der Waals surface area contributed by atoms with E-state index in [4.69, 9.17) is 0 Å². The summed E-state index contributed by atoms with van der Waals surface area (Å²) in [6, 6.07) is 11.8. The fraction of sp³-hybridized carbons (Fsp3) is 0.125. The summed E-state index contributed by atoms with van der Waals surface area (Å²) in [6.07, 6.45) is 5.40. The molecule has 0 unspecified atom stereocenters. The number of carbonyl (C=O) groups is 1. The summed E-state index contributed by atoms with van der Waals surface area (Å²) in [5, 5.41) is 4.02. The second-order valence-corrected chi connectivity index (χ2v) is 5.70. The summed E-state index contributed by atoms with van der Waals surface area (Å²) in [4.78, 5) is 16.1. The molecule has 0 aliphatic heterocycles. The molecule has 2 heterocycles. The molecular weight excluding hydrogens is 330 g/mol. The van der Waals surface area contributed by atoms with Gasteiger partial charge in [-0.3, -0.25) is 9.78 Å². The third kappa shape index (κ3) is 3.31. The fourth-order valence-electron chi connectivity index (χ4n) is 2.22. The van der Waals surface area contributed by atoms with Crippen LogP contribution in [0.5, 0.6) is 0 Å². The Kier molecular flexibility index (Phi) is 4.01. The predicted octanol–water partition coefficient (Wildman–Crippen LogP) is 3.12. The number of pyridine rings is 1. The molecule has 3 aromatic rings. The van der Waals surface area contributed by atoms with Gasteiger partial charge in [0.2, 0.25) is 5.91 Å². The molecule has 1 aromatic carbocycles. The normalized spacial score (nSPS) is 10.7. The van der Waals surface area contributed by atoms with Crippen molar-refractivity contribution in [3.8, 4) is 0 Å². The third-order valence-corrected chi connectivity index (χ3v) is 3.75. The van der Waals surface area contributed by atoms with Gasteiger partial charge in [0.1, 0.15) is 6.54 Å². The Morgan fingerprint density at radius 2 is 2.19 bits per heavy atom. The Bertz CT molecular complexity index is 768. The van der Waals surface area contributed by atoms with Crippen molar-refractivity contribution in [2.45, 2.75) is 13.1 Å². The van der Waals surface area contributed by atoms with Gasteiger partial charge < -0.3 is 9.88 Å². The number of nitrogens with one attached hydrogen (secondary N) is 1. The molecular formula is C16H14BrN3O. The van der Waals surface area contributed by atoms with E-state index in [0.717, 1.165) is 20.9 Å². The number of amides is 1. The van der Waals surface area contributed by atoms with Gasteiger partial charge in [-0.05, 0) is 35.9 Å². The van der Waals surface area contributed by atoms with Crippen LogP contribution < -0.4 is 5.32 Å². The number of carbonyl (C=O) groups excluding carboxylic acids is 1. The maximum Gasteiger partial charge on any atom is 0.240 e. The van der Waals surface area contributed by atoms with E-state index < -0.39 is 0 Å². The average molecular weight is 344 g/mol. The first-order chi connectivity index (χ1) is 10.2. The predicted molar refractivity (Wildman–Crippen MR) is 85.7 cm³/mol. The lowest BCUT2D eigenvalue weighted by Crippen LogP contribution is -2.26. The first-order valence-electron chi connectivity index (χ1n) is 6.62. The molecule has 3 rings (SSSR count). The van der Waals surface area contributed by atoms with Crippen LogP contribution in [0, 0.1) is 0 Å². The van der Waals surface area contributed by atoms with Crippen molar-refractivity contribution in [2.75, 3.05) is 0 Å². The van der Waals surface area contributed by atoms with E-state index >= 15 is 0 Å². The number of rotatable bonds is 4. The number of halogens is 1. The standard InChI is InChI=1S/C16H14BrN3O/c17-14-3-4-15-13(8-14)5-7-20(15)11-16(21)19-10-12-2-1-6-18-9-12/h1-9H,10-11H2,(H,19,21). The minimum absolute atomic E-state index is 0.0146. The maximum atomic E-state index is 12.0. The highest BCUT2D eigenvalue weighted by molar-refractivity contribution is 9.10. The van der Waals surface area contributed by atoms with Gasteiger partial charge in [0.05, 0.1) is 0 Å². The Morgan fingerprint density at radius 1 is 1.29 bits per heavy atom. The van der Waals surface area contributed by atoms with Crippen molar-refractivity contribution in [3.63, 3.8) is 0 Å². The van der Waals surface area contributed by atoms with E-state index in [2.05, 4.69) is 26.2 Å². The van der Waals surface area contributed by atoms with Crippen LogP contribution in [0.25, 0.3) is 10.9 Å². The first kappa shape index (κ1) is 13.8. The van der Waals surface area contributed by atoms with Gasteiger partial charge in [-0.1, -0.05) is 22.0 Å². The smallest absolute Gasteiger partial charge is 0.240 e. The molecule has 0 saturated carbocycles. The summed E-state index contributed by atoms with van der Waals surface area (Å²) in [5.74, 6) is -0.0146. The SMILES string of the molecule is O=C(Cn1ccc2cc(Br)ccc21)NCc1cccnc1. The lowest BCUT2D eigenvalue weighted by atomic mass is 10.2. The maximum absolute atomic E-state index is 12.0. The molecule has 0 aliphatic carbocycles. The molecule has 0 aliphatic rings. The van der Waals surface area contributed by atoms with E-state index in [1.165, 1.54) is 0 Å². The van der Waals surface area contributed by atoms with E-state index in [0.29, 0.717) is 13.1 Å². The van der Waals surface area contributed by atoms with Crippen LogP contribution in [0.2, 0.25) is 0 Å². The number of nitrogens with zero attached hydrogens (tertiary/aromatic N) is 2. The Hall–Kier alpha value is -2.14. The summed E-state index contributed by atoms with van der Waals surface area (Å²) < 4.78 is 2.98. The van der Waals surface area contributed by atoms with Crippen molar-refractivity contribution in [1.29, 1.82) is 0 Å². The molecule has 0 bridgehead atoms. The molecule has 21 heavy (non-hydrogen) atoms. The van der Waals surface area contributed by atoms with E-state index in [9.17, 15) is 4.79 Å². The zero-order valence-corrected chi connectivity index (χ0v) is 12.9. The van der Waals surface area contributed by atoms with Crippen LogP contribution in [0.3, 0.4) is 0 Å². The lowest BCUT2D eigenvalue weighted by Gasteiger charge is -2.07. The third-order valence-electron chi connectivity index (χ3n) is 3.26. The number of aromatic nitrogens is 2. The van der Waals surface area contributed by atoms with E-state index in [-0.39, 0.29) is 5.91 Å². The van der Waals surface area contributed by atoms with Crippen LogP contribution in [0.15, 0.2) is 59.5 Å². The average Bonchev–Trinajstić information content (AvgIpc) is 2.88. The molecule has 0 atom stereocenters. The van der Waals surface area contributed by atoms with Gasteiger partial charge in [0, 0.05) is 40.5 Å². The molecule has 2 aromatic heterocycles. The van der Waals surface area contributed by atoms with E-state index in [1.807, 2.05) is 47.2 Å². The van der Waals surface area contributed by atoms with Gasteiger partial charge in [0.25, 0.3) is 0 Å². The quantitative estimate of drug-likeness (QED) is 0.791. The molecule has 1 amide bonds. The van der Waals surface area contributed by atoms with Crippen LogP contribution in [-0.2, 0) is 17.9 Å². The van der Waals surface area contributed by atoms with Gasteiger partial charge in [-0.25, -0.2) is 0 Å². The number of fused-ring (bicyclic) bond motifs is 1. The van der Waals surface area contributed by atoms with Gasteiger partial charge in [-0.15, -0.1) is 0 Å². The molecule has 1 N–H and O–H groups in total. The zero-order valence-electron chi connectivity index (χ0n) is 11.3. The van der Waals surface area contributed by atoms with Gasteiger partial charge >= 0.3 is 0 Å². The highest BCUT2D eigenvalue weighted by Gasteiger charge is 2.06. The highest BCUT2D eigenvalue weighted by Crippen LogP contribution is 2.20. The van der Waals surface area contributed by atoms with Crippen molar-refractivity contribution in [2.24, 2.45) is 0 Å². The molecule has 0 radical (unpaired) electrons. The molecule has 5 heteroatoms. The largest absolute Gasteiger partial charge is 0.350 e.